The molecule has 2 aromatic carbocycles. The van der Waals surface area contributed by atoms with E-state index < -0.39 is 0 Å². The molecule has 2 heterocycles. The van der Waals surface area contributed by atoms with Gasteiger partial charge in [0.25, 0.3) is 0 Å². The van der Waals surface area contributed by atoms with Crippen molar-refractivity contribution >= 4 is 17.4 Å². The van der Waals surface area contributed by atoms with Crippen LogP contribution in [0.4, 0.5) is 16.2 Å². The fourth-order valence-electron chi connectivity index (χ4n) is 3.58. The van der Waals surface area contributed by atoms with Crippen LogP contribution in [0.25, 0.3) is 0 Å². The number of hydrogen-bond donors (Lipinski definition) is 1. The molecule has 0 bridgehead atoms. The van der Waals surface area contributed by atoms with E-state index in [1.807, 2.05) is 35.2 Å². The minimum Gasteiger partial charge on any atom is -0.454 e. The summed E-state index contributed by atoms with van der Waals surface area (Å²) in [6.45, 7) is 5.40. The van der Waals surface area contributed by atoms with Crippen LogP contribution in [-0.4, -0.2) is 32.5 Å². The van der Waals surface area contributed by atoms with Crippen LogP contribution in [0.1, 0.15) is 25.3 Å². The van der Waals surface area contributed by atoms with E-state index in [0.717, 1.165) is 54.4 Å². The summed E-state index contributed by atoms with van der Waals surface area (Å²) >= 11 is 0. The topological polar surface area (TPSA) is 54.0 Å². The number of amides is 2. The highest BCUT2D eigenvalue weighted by molar-refractivity contribution is 5.96. The Morgan fingerprint density at radius 2 is 1.89 bits per heavy atom. The molecular weight excluding hydrogens is 342 g/mol. The van der Waals surface area contributed by atoms with Crippen molar-refractivity contribution in [3.05, 3.63) is 48.0 Å². The lowest BCUT2D eigenvalue weighted by Crippen LogP contribution is -2.40. The van der Waals surface area contributed by atoms with E-state index in [2.05, 4.69) is 29.3 Å². The lowest BCUT2D eigenvalue weighted by molar-refractivity contribution is 0.174. The van der Waals surface area contributed by atoms with Gasteiger partial charge in [-0.3, -0.25) is 4.90 Å². The van der Waals surface area contributed by atoms with Gasteiger partial charge in [-0.25, -0.2) is 4.79 Å². The third kappa shape index (κ3) is 3.65. The number of rotatable bonds is 4. The quantitative estimate of drug-likeness (QED) is 0.894. The van der Waals surface area contributed by atoms with Crippen molar-refractivity contribution in [2.45, 2.75) is 26.3 Å². The van der Waals surface area contributed by atoms with Gasteiger partial charge in [0.05, 0.1) is 11.4 Å². The number of urea groups is 1. The first-order valence-electron chi connectivity index (χ1n) is 9.54. The number of benzene rings is 2. The molecule has 6 nitrogen and oxygen atoms in total. The summed E-state index contributed by atoms with van der Waals surface area (Å²) in [7, 11) is 0. The summed E-state index contributed by atoms with van der Waals surface area (Å²) in [4.78, 5) is 16.8. The van der Waals surface area contributed by atoms with Crippen LogP contribution in [0.15, 0.2) is 42.5 Å². The highest BCUT2D eigenvalue weighted by atomic mass is 16.7. The van der Waals surface area contributed by atoms with Crippen LogP contribution in [0, 0.1) is 0 Å². The Kier molecular flexibility index (Phi) is 5.05. The van der Waals surface area contributed by atoms with Crippen LogP contribution >= 0.6 is 0 Å². The van der Waals surface area contributed by atoms with Crippen LogP contribution in [0.3, 0.4) is 0 Å². The first kappa shape index (κ1) is 17.5. The Morgan fingerprint density at radius 1 is 1.07 bits per heavy atom. The molecule has 0 saturated carbocycles. The SMILES string of the molecule is CCCNC(=O)N1CCCN(Cc2ccc3c(c2)OCO3)c2ccccc21. The van der Waals surface area contributed by atoms with E-state index in [1.54, 1.807) is 0 Å². The minimum atomic E-state index is -0.0192. The highest BCUT2D eigenvalue weighted by Gasteiger charge is 2.25. The number of ether oxygens (including phenoxy) is 2. The largest absolute Gasteiger partial charge is 0.454 e. The van der Waals surface area contributed by atoms with Crippen molar-refractivity contribution in [1.29, 1.82) is 0 Å². The normalized spacial score (nSPS) is 15.3. The standard InChI is InChI=1S/C21H25N3O3/c1-2-10-22-21(25)24-12-5-11-23(17-6-3-4-7-18(17)24)14-16-8-9-19-20(13-16)27-15-26-19/h3-4,6-9,13H,2,5,10-12,14-15H2,1H3,(H,22,25). The van der Waals surface area contributed by atoms with Gasteiger partial charge in [-0.15, -0.1) is 0 Å². The molecule has 2 aromatic rings. The Hall–Kier alpha value is -2.89. The third-order valence-electron chi connectivity index (χ3n) is 4.90. The summed E-state index contributed by atoms with van der Waals surface area (Å²) in [5.74, 6) is 1.60. The van der Waals surface area contributed by atoms with Gasteiger partial charge in [0.2, 0.25) is 6.79 Å². The molecule has 1 N–H and O–H groups in total. The number of carbonyl (C=O) groups is 1. The van der Waals surface area contributed by atoms with Gasteiger partial charge in [-0.2, -0.15) is 0 Å². The Balaban J connectivity index is 1.59. The molecule has 0 unspecified atom stereocenters. The molecule has 6 heteroatoms. The zero-order valence-corrected chi connectivity index (χ0v) is 15.6. The van der Waals surface area contributed by atoms with Crippen molar-refractivity contribution < 1.29 is 14.3 Å². The van der Waals surface area contributed by atoms with Crippen molar-refractivity contribution in [1.82, 2.24) is 5.32 Å². The van der Waals surface area contributed by atoms with Gasteiger partial charge in [-0.05, 0) is 42.7 Å². The maximum atomic E-state index is 12.6. The molecule has 0 aromatic heterocycles. The van der Waals surface area contributed by atoms with E-state index in [-0.39, 0.29) is 12.8 Å². The summed E-state index contributed by atoms with van der Waals surface area (Å²) in [5, 5.41) is 3.00. The van der Waals surface area contributed by atoms with Crippen molar-refractivity contribution in [3.63, 3.8) is 0 Å². The molecule has 0 saturated heterocycles. The van der Waals surface area contributed by atoms with Crippen LogP contribution in [0.2, 0.25) is 0 Å². The average Bonchev–Trinajstić information content (AvgIpc) is 3.08. The number of hydrogen-bond acceptors (Lipinski definition) is 4. The van der Waals surface area contributed by atoms with E-state index in [0.29, 0.717) is 13.1 Å². The molecule has 142 valence electrons. The Bertz CT molecular complexity index is 824. The van der Waals surface area contributed by atoms with E-state index in [4.69, 9.17) is 9.47 Å². The molecule has 0 spiro atoms. The lowest BCUT2D eigenvalue weighted by Gasteiger charge is -2.27. The maximum absolute atomic E-state index is 12.6. The molecule has 0 fully saturated rings. The monoisotopic (exact) mass is 367 g/mol. The maximum Gasteiger partial charge on any atom is 0.321 e. The number of anilines is 2. The van der Waals surface area contributed by atoms with Gasteiger partial charge >= 0.3 is 6.03 Å². The molecule has 0 radical (unpaired) electrons. The van der Waals surface area contributed by atoms with Gasteiger partial charge in [0, 0.05) is 26.2 Å². The summed E-state index contributed by atoms with van der Waals surface area (Å²) in [6, 6.07) is 14.2. The first-order valence-corrected chi connectivity index (χ1v) is 9.54. The molecule has 2 aliphatic rings. The summed E-state index contributed by atoms with van der Waals surface area (Å²) in [6.07, 6.45) is 1.84. The van der Waals surface area contributed by atoms with Crippen LogP contribution in [-0.2, 0) is 6.54 Å². The third-order valence-corrected chi connectivity index (χ3v) is 4.90. The Morgan fingerprint density at radius 3 is 2.74 bits per heavy atom. The number of nitrogens with one attached hydrogen (secondary N) is 1. The van der Waals surface area contributed by atoms with Crippen molar-refractivity contribution in [2.24, 2.45) is 0 Å². The van der Waals surface area contributed by atoms with Crippen molar-refractivity contribution in [3.8, 4) is 11.5 Å². The first-order chi connectivity index (χ1) is 13.3. The second-order valence-electron chi connectivity index (χ2n) is 6.84. The number of carbonyl (C=O) groups excluding carboxylic acids is 1. The number of fused-ring (bicyclic) bond motifs is 2. The fourth-order valence-corrected chi connectivity index (χ4v) is 3.58. The van der Waals surface area contributed by atoms with Gasteiger partial charge in [0.1, 0.15) is 0 Å². The van der Waals surface area contributed by atoms with E-state index >= 15 is 0 Å². The molecule has 0 atom stereocenters. The zero-order chi connectivity index (χ0) is 18.6. The number of para-hydroxylation sites is 2. The predicted molar refractivity (Wildman–Crippen MR) is 106 cm³/mol. The van der Waals surface area contributed by atoms with Gasteiger partial charge in [-0.1, -0.05) is 25.1 Å². The zero-order valence-electron chi connectivity index (χ0n) is 15.6. The van der Waals surface area contributed by atoms with Crippen LogP contribution < -0.4 is 24.6 Å². The van der Waals surface area contributed by atoms with E-state index in [9.17, 15) is 4.79 Å². The predicted octanol–water partition coefficient (Wildman–Crippen LogP) is 3.75. The molecule has 27 heavy (non-hydrogen) atoms. The highest BCUT2D eigenvalue weighted by Crippen LogP contribution is 2.36. The van der Waals surface area contributed by atoms with Crippen LogP contribution in [0.5, 0.6) is 11.5 Å². The minimum absolute atomic E-state index is 0.0192. The lowest BCUT2D eigenvalue weighted by atomic mass is 10.1. The second-order valence-corrected chi connectivity index (χ2v) is 6.84. The summed E-state index contributed by atoms with van der Waals surface area (Å²) in [5.41, 5.74) is 3.21. The average molecular weight is 367 g/mol. The van der Waals surface area contributed by atoms with Gasteiger partial charge < -0.3 is 19.7 Å². The Labute approximate surface area is 159 Å². The molecule has 2 amide bonds. The molecular formula is C21H25N3O3. The van der Waals surface area contributed by atoms with Gasteiger partial charge in [0.15, 0.2) is 11.5 Å². The smallest absolute Gasteiger partial charge is 0.321 e. The van der Waals surface area contributed by atoms with Crippen molar-refractivity contribution in [2.75, 3.05) is 36.2 Å². The fraction of sp³-hybridized carbons (Fsp3) is 0.381. The second kappa shape index (κ2) is 7.78. The molecule has 4 rings (SSSR count). The van der Waals surface area contributed by atoms with E-state index in [1.165, 1.54) is 0 Å². The summed E-state index contributed by atoms with van der Waals surface area (Å²) < 4.78 is 10.9. The number of nitrogens with zero attached hydrogens (tertiary/aromatic N) is 2. The molecule has 2 aliphatic heterocycles. The molecule has 0 aliphatic carbocycles.